The largest absolute Gasteiger partial charge is 0.324 e. The zero-order valence-electron chi connectivity index (χ0n) is 23.2. The van der Waals surface area contributed by atoms with Crippen molar-refractivity contribution in [2.45, 2.75) is 35.1 Å². The zero-order chi connectivity index (χ0) is 29.3. The molecule has 214 valence electrons. The molecule has 0 aliphatic carbocycles. The van der Waals surface area contributed by atoms with E-state index in [1.165, 1.54) is 18.4 Å². The van der Waals surface area contributed by atoms with Gasteiger partial charge in [-0.3, -0.25) is 18.6 Å². The van der Waals surface area contributed by atoms with Crippen LogP contribution in [0.15, 0.2) is 104 Å². The number of benzene rings is 2. The van der Waals surface area contributed by atoms with E-state index in [1.807, 2.05) is 18.2 Å². The van der Waals surface area contributed by atoms with E-state index in [2.05, 4.69) is 73.3 Å². The third-order valence-electron chi connectivity index (χ3n) is 7.70. The fourth-order valence-electron chi connectivity index (χ4n) is 5.46. The number of likely N-dealkylation sites (N-methyl/N-ethyl adjacent to an activating group) is 1. The molecule has 0 spiro atoms. The number of halogens is 1. The molecule has 10 heteroatoms. The summed E-state index contributed by atoms with van der Waals surface area (Å²) in [5.41, 5.74) is 3.29. The molecule has 42 heavy (non-hydrogen) atoms. The summed E-state index contributed by atoms with van der Waals surface area (Å²) in [7, 11) is -0.567. The highest BCUT2D eigenvalue weighted by molar-refractivity contribution is 9.10. The van der Waals surface area contributed by atoms with Crippen molar-refractivity contribution >= 4 is 54.0 Å². The number of pyridine rings is 2. The first-order chi connectivity index (χ1) is 20.3. The van der Waals surface area contributed by atoms with Gasteiger partial charge in [0.1, 0.15) is 5.65 Å². The lowest BCUT2D eigenvalue weighted by atomic mass is 9.91. The van der Waals surface area contributed by atoms with Crippen LogP contribution in [0.2, 0.25) is 0 Å². The quantitative estimate of drug-likeness (QED) is 0.228. The van der Waals surface area contributed by atoms with Crippen molar-refractivity contribution in [1.29, 1.82) is 0 Å². The average Bonchev–Trinajstić information content (AvgIpc) is 3.01. The number of hydrogen-bond donors (Lipinski definition) is 1. The predicted octanol–water partition coefficient (Wildman–Crippen LogP) is 5.68. The van der Waals surface area contributed by atoms with Crippen LogP contribution in [0.1, 0.15) is 29.9 Å². The van der Waals surface area contributed by atoms with Gasteiger partial charge in [-0.25, -0.2) is 4.98 Å². The zero-order valence-corrected chi connectivity index (χ0v) is 25.6. The predicted molar refractivity (Wildman–Crippen MR) is 172 cm³/mol. The fourth-order valence-corrected chi connectivity index (χ4v) is 7.40. The van der Waals surface area contributed by atoms with E-state index in [-0.39, 0.29) is 12.1 Å². The standard InChI is InChI=1S/C32H31BrN6O2S/c1-38-16-4-6-24(21-38)23-8-10-26(11-9-23)36-32-35-19-25-18-29(33)31(40)39(30(25)37-32)20-22-5-3-7-28(17-22)42(2,41)27-12-14-34-15-13-27/h3,5,7-15,17-19,24H,2,4,6,16,20-21H2,1H3,(H,35,36,37). The van der Waals surface area contributed by atoms with E-state index in [4.69, 9.17) is 4.98 Å². The number of fused-ring (bicyclic) bond motifs is 1. The van der Waals surface area contributed by atoms with E-state index in [1.54, 1.807) is 47.4 Å². The summed E-state index contributed by atoms with van der Waals surface area (Å²) >= 11 is 3.40. The summed E-state index contributed by atoms with van der Waals surface area (Å²) in [6.07, 6.45) is 7.34. The Bertz CT molecular complexity index is 1910. The van der Waals surface area contributed by atoms with Gasteiger partial charge in [0.25, 0.3) is 5.56 Å². The van der Waals surface area contributed by atoms with Gasteiger partial charge in [0, 0.05) is 55.5 Å². The van der Waals surface area contributed by atoms with Crippen LogP contribution in [0.5, 0.6) is 0 Å². The summed E-state index contributed by atoms with van der Waals surface area (Å²) in [5, 5.41) is 4.02. The highest BCUT2D eigenvalue weighted by atomic mass is 79.9. The van der Waals surface area contributed by atoms with Gasteiger partial charge in [-0.15, -0.1) is 0 Å². The molecule has 1 aliphatic rings. The molecule has 0 radical (unpaired) electrons. The Balaban J connectivity index is 1.29. The summed E-state index contributed by atoms with van der Waals surface area (Å²) in [4.78, 5) is 30.2. The Morgan fingerprint density at radius 1 is 1.07 bits per heavy atom. The highest BCUT2D eigenvalue weighted by Crippen LogP contribution is 2.28. The van der Waals surface area contributed by atoms with Crippen molar-refractivity contribution < 1.29 is 4.21 Å². The minimum absolute atomic E-state index is 0.219. The van der Waals surface area contributed by atoms with E-state index >= 15 is 0 Å². The smallest absolute Gasteiger partial charge is 0.266 e. The van der Waals surface area contributed by atoms with Crippen molar-refractivity contribution in [3.63, 3.8) is 0 Å². The second-order valence-corrected chi connectivity index (χ2v) is 13.9. The molecule has 8 nitrogen and oxygen atoms in total. The number of nitrogens with one attached hydrogen (secondary N) is 1. The van der Waals surface area contributed by atoms with Crippen molar-refractivity contribution in [3.05, 3.63) is 111 Å². The fraction of sp³-hybridized carbons (Fsp3) is 0.219. The van der Waals surface area contributed by atoms with Gasteiger partial charge < -0.3 is 10.2 Å². The lowest BCUT2D eigenvalue weighted by Gasteiger charge is -2.30. The average molecular weight is 644 g/mol. The second kappa shape index (κ2) is 11.8. The van der Waals surface area contributed by atoms with Crippen molar-refractivity contribution in [3.8, 4) is 0 Å². The second-order valence-electron chi connectivity index (χ2n) is 10.7. The van der Waals surface area contributed by atoms with E-state index in [0.29, 0.717) is 31.8 Å². The van der Waals surface area contributed by atoms with Crippen LogP contribution in [0.25, 0.3) is 11.0 Å². The molecule has 6 rings (SSSR count). The lowest BCUT2D eigenvalue weighted by molar-refractivity contribution is 0.251. The summed E-state index contributed by atoms with van der Waals surface area (Å²) in [6.45, 7) is 2.46. The first kappa shape index (κ1) is 28.3. The molecule has 2 unspecified atom stereocenters. The van der Waals surface area contributed by atoms with Gasteiger partial charge in [0.05, 0.1) is 11.0 Å². The molecular formula is C32H31BrN6O2S. The van der Waals surface area contributed by atoms with Crippen molar-refractivity contribution in [1.82, 2.24) is 24.4 Å². The minimum atomic E-state index is -2.74. The summed E-state index contributed by atoms with van der Waals surface area (Å²) in [5.74, 6) is 4.96. The maximum absolute atomic E-state index is 13.6. The number of nitrogens with zero attached hydrogens (tertiary/aromatic N) is 5. The van der Waals surface area contributed by atoms with Gasteiger partial charge in [0.2, 0.25) is 5.95 Å². The van der Waals surface area contributed by atoms with Gasteiger partial charge in [-0.1, -0.05) is 24.3 Å². The maximum atomic E-state index is 13.6. The van der Waals surface area contributed by atoms with Crippen molar-refractivity contribution in [2.24, 2.45) is 0 Å². The molecule has 3 aromatic heterocycles. The maximum Gasteiger partial charge on any atom is 0.266 e. The minimum Gasteiger partial charge on any atom is -0.324 e. The Kier molecular flexibility index (Phi) is 7.94. The van der Waals surface area contributed by atoms with Crippen LogP contribution >= 0.6 is 15.9 Å². The topological polar surface area (TPSA) is 93.0 Å². The van der Waals surface area contributed by atoms with Crippen LogP contribution in [0.4, 0.5) is 11.6 Å². The highest BCUT2D eigenvalue weighted by Gasteiger charge is 2.19. The molecule has 5 aromatic rings. The van der Waals surface area contributed by atoms with Crippen LogP contribution < -0.4 is 10.9 Å². The van der Waals surface area contributed by atoms with Gasteiger partial charge in [0.15, 0.2) is 0 Å². The molecule has 0 bridgehead atoms. The van der Waals surface area contributed by atoms with Crippen LogP contribution in [-0.2, 0) is 16.1 Å². The molecule has 2 aromatic carbocycles. The Morgan fingerprint density at radius 2 is 1.86 bits per heavy atom. The van der Waals surface area contributed by atoms with E-state index in [9.17, 15) is 9.00 Å². The van der Waals surface area contributed by atoms with Crippen LogP contribution in [0.3, 0.4) is 0 Å². The molecule has 1 fully saturated rings. The number of rotatable bonds is 7. The molecular weight excluding hydrogens is 612 g/mol. The molecule has 1 N–H and O–H groups in total. The van der Waals surface area contributed by atoms with E-state index < -0.39 is 9.52 Å². The Labute approximate surface area is 253 Å². The molecule has 0 saturated carbocycles. The monoisotopic (exact) mass is 642 g/mol. The number of anilines is 2. The molecule has 2 atom stereocenters. The van der Waals surface area contributed by atoms with Crippen LogP contribution in [-0.4, -0.2) is 54.6 Å². The first-order valence-corrected chi connectivity index (χ1v) is 16.3. The van der Waals surface area contributed by atoms with Gasteiger partial charge in [-0.05, 0) is 108 Å². The summed E-state index contributed by atoms with van der Waals surface area (Å²) < 4.78 is 15.6. The molecule has 1 saturated heterocycles. The molecule has 4 heterocycles. The Morgan fingerprint density at radius 3 is 2.62 bits per heavy atom. The van der Waals surface area contributed by atoms with Crippen LogP contribution in [0, 0.1) is 0 Å². The third-order valence-corrected chi connectivity index (χ3v) is 10.3. The number of hydrogen-bond acceptors (Lipinski definition) is 7. The molecule has 1 aliphatic heterocycles. The number of piperidine rings is 1. The third kappa shape index (κ3) is 5.88. The summed E-state index contributed by atoms with van der Waals surface area (Å²) in [6, 6.07) is 21.0. The first-order valence-electron chi connectivity index (χ1n) is 13.8. The van der Waals surface area contributed by atoms with Crippen molar-refractivity contribution in [2.75, 3.05) is 25.5 Å². The lowest BCUT2D eigenvalue weighted by Crippen LogP contribution is -2.30. The SMILES string of the molecule is C=S(=O)(c1ccncc1)c1cccc(Cn2c(=O)c(Br)cc3cnc(Nc4ccc(C5CCCN(C)C5)cc4)nc32)c1. The Hall–Kier alpha value is -3.86. The number of aromatic nitrogens is 4. The van der Waals surface area contributed by atoms with Gasteiger partial charge in [-0.2, -0.15) is 4.98 Å². The number of likely N-dealkylation sites (tertiary alicyclic amines) is 1. The van der Waals surface area contributed by atoms with E-state index in [0.717, 1.165) is 29.7 Å². The van der Waals surface area contributed by atoms with Gasteiger partial charge >= 0.3 is 0 Å². The normalized spacial score (nSPS) is 17.1. The molecule has 0 amide bonds.